The quantitative estimate of drug-likeness (QED) is 0.553. The first-order valence-corrected chi connectivity index (χ1v) is 8.58. The lowest BCUT2D eigenvalue weighted by Crippen LogP contribution is -2.47. The molecule has 0 saturated carbocycles. The number of carbonyl (C=O) groups excluding carboxylic acids is 2. The number of allylic oxidation sites excluding steroid dienone is 1. The summed E-state index contributed by atoms with van der Waals surface area (Å²) in [5.74, 6) is 0.0281. The first-order chi connectivity index (χ1) is 13.0. The van der Waals surface area contributed by atoms with Crippen LogP contribution in [-0.2, 0) is 14.3 Å². The number of nitriles is 1. The lowest BCUT2D eigenvalue weighted by atomic mass is 9.95. The van der Waals surface area contributed by atoms with Crippen LogP contribution >= 0.6 is 0 Å². The minimum atomic E-state index is -0.639. The molecule has 1 aliphatic heterocycles. The molecule has 8 heteroatoms. The van der Waals surface area contributed by atoms with E-state index in [9.17, 15) is 9.59 Å². The van der Waals surface area contributed by atoms with Crippen LogP contribution in [0.1, 0.15) is 25.5 Å². The SMILES string of the molecule is CCN1C(=O)N[C@H](c2ccc(OCC#N)cc2)C(C(=O)OCCOC)=C1C. The molecule has 0 aromatic heterocycles. The number of amides is 2. The number of benzene rings is 1. The molecule has 1 aromatic rings. The summed E-state index contributed by atoms with van der Waals surface area (Å²) >= 11 is 0. The van der Waals surface area contributed by atoms with Crippen LogP contribution in [0.3, 0.4) is 0 Å². The van der Waals surface area contributed by atoms with E-state index < -0.39 is 12.0 Å². The third-order valence-electron chi connectivity index (χ3n) is 4.17. The number of methoxy groups -OCH3 is 1. The van der Waals surface area contributed by atoms with Gasteiger partial charge >= 0.3 is 12.0 Å². The fourth-order valence-corrected chi connectivity index (χ4v) is 2.84. The number of carbonyl (C=O) groups is 2. The van der Waals surface area contributed by atoms with Crippen LogP contribution in [0.15, 0.2) is 35.5 Å². The standard InChI is InChI=1S/C19H23N3O5/c1-4-22-13(2)16(18(23)27-12-11-25-3)17(21-19(22)24)14-5-7-15(8-6-14)26-10-9-20/h5-8,17H,4,10-12H2,1-3H3,(H,21,24)/t17-/m1/s1. The summed E-state index contributed by atoms with van der Waals surface area (Å²) in [6, 6.07) is 7.85. The average molecular weight is 373 g/mol. The Morgan fingerprint density at radius 1 is 1.30 bits per heavy atom. The van der Waals surface area contributed by atoms with Crippen LogP contribution in [0.4, 0.5) is 4.79 Å². The maximum atomic E-state index is 12.7. The molecule has 1 N–H and O–H groups in total. The van der Waals surface area contributed by atoms with E-state index in [1.807, 2.05) is 13.0 Å². The molecular formula is C19H23N3O5. The highest BCUT2D eigenvalue weighted by Crippen LogP contribution is 2.32. The van der Waals surface area contributed by atoms with Gasteiger partial charge < -0.3 is 19.5 Å². The van der Waals surface area contributed by atoms with Gasteiger partial charge in [-0.2, -0.15) is 5.26 Å². The van der Waals surface area contributed by atoms with Gasteiger partial charge in [0.15, 0.2) is 6.61 Å². The molecular weight excluding hydrogens is 350 g/mol. The lowest BCUT2D eigenvalue weighted by Gasteiger charge is -2.34. The monoisotopic (exact) mass is 373 g/mol. The number of hydrogen-bond acceptors (Lipinski definition) is 6. The highest BCUT2D eigenvalue weighted by molar-refractivity contribution is 5.95. The Morgan fingerprint density at radius 2 is 2.00 bits per heavy atom. The summed E-state index contributed by atoms with van der Waals surface area (Å²) in [5, 5.41) is 11.4. The number of urea groups is 1. The summed E-state index contributed by atoms with van der Waals surface area (Å²) in [7, 11) is 1.52. The van der Waals surface area contributed by atoms with Crippen molar-refractivity contribution in [2.45, 2.75) is 19.9 Å². The van der Waals surface area contributed by atoms with E-state index in [1.54, 1.807) is 31.2 Å². The molecule has 1 aromatic carbocycles. The molecule has 1 atom stereocenters. The van der Waals surface area contributed by atoms with Crippen molar-refractivity contribution >= 4 is 12.0 Å². The minimum absolute atomic E-state index is 0.0545. The predicted octanol–water partition coefficient (Wildman–Crippen LogP) is 2.14. The molecule has 0 saturated heterocycles. The summed E-state index contributed by atoms with van der Waals surface area (Å²) in [6.45, 7) is 4.35. The minimum Gasteiger partial charge on any atom is -0.479 e. The summed E-state index contributed by atoms with van der Waals surface area (Å²) in [5.41, 5.74) is 1.64. The maximum Gasteiger partial charge on any atom is 0.338 e. The molecule has 27 heavy (non-hydrogen) atoms. The number of esters is 1. The van der Waals surface area contributed by atoms with Gasteiger partial charge in [0.2, 0.25) is 0 Å². The molecule has 0 unspecified atom stereocenters. The van der Waals surface area contributed by atoms with Crippen molar-refractivity contribution in [2.75, 3.05) is 33.5 Å². The van der Waals surface area contributed by atoms with Crippen LogP contribution in [0.5, 0.6) is 5.75 Å². The maximum absolute atomic E-state index is 12.7. The lowest BCUT2D eigenvalue weighted by molar-refractivity contribution is -0.140. The summed E-state index contributed by atoms with van der Waals surface area (Å²) in [4.78, 5) is 26.6. The predicted molar refractivity (Wildman–Crippen MR) is 96.7 cm³/mol. The van der Waals surface area contributed by atoms with E-state index in [-0.39, 0.29) is 25.9 Å². The second-order valence-corrected chi connectivity index (χ2v) is 5.77. The molecule has 2 amide bonds. The number of ether oxygens (including phenoxy) is 3. The van der Waals surface area contributed by atoms with Gasteiger partial charge in [0.1, 0.15) is 18.4 Å². The molecule has 1 heterocycles. The van der Waals surface area contributed by atoms with Crippen LogP contribution in [0.25, 0.3) is 0 Å². The Morgan fingerprint density at radius 3 is 2.59 bits per heavy atom. The zero-order valence-corrected chi connectivity index (χ0v) is 15.7. The van der Waals surface area contributed by atoms with Gasteiger partial charge in [-0.15, -0.1) is 0 Å². The molecule has 1 aliphatic rings. The van der Waals surface area contributed by atoms with E-state index in [1.165, 1.54) is 12.0 Å². The number of nitrogens with one attached hydrogen (secondary N) is 1. The normalized spacial score (nSPS) is 16.6. The second-order valence-electron chi connectivity index (χ2n) is 5.77. The van der Waals surface area contributed by atoms with Gasteiger partial charge in [-0.25, -0.2) is 9.59 Å². The van der Waals surface area contributed by atoms with Crippen molar-refractivity contribution in [1.82, 2.24) is 10.2 Å². The van der Waals surface area contributed by atoms with E-state index in [2.05, 4.69) is 5.32 Å². The van der Waals surface area contributed by atoms with Gasteiger partial charge in [0, 0.05) is 19.4 Å². The van der Waals surface area contributed by atoms with Crippen LogP contribution in [0, 0.1) is 11.3 Å². The Kier molecular flexibility index (Phi) is 7.20. The summed E-state index contributed by atoms with van der Waals surface area (Å²) in [6.07, 6.45) is 0. The van der Waals surface area contributed by atoms with Crippen molar-refractivity contribution in [3.05, 3.63) is 41.1 Å². The van der Waals surface area contributed by atoms with E-state index in [4.69, 9.17) is 19.5 Å². The number of nitrogens with zero attached hydrogens (tertiary/aromatic N) is 2. The van der Waals surface area contributed by atoms with Crippen LogP contribution in [0.2, 0.25) is 0 Å². The zero-order chi connectivity index (χ0) is 19.8. The van der Waals surface area contributed by atoms with E-state index in [0.717, 1.165) is 0 Å². The van der Waals surface area contributed by atoms with E-state index in [0.29, 0.717) is 29.1 Å². The van der Waals surface area contributed by atoms with Crippen molar-refractivity contribution in [3.63, 3.8) is 0 Å². The molecule has 2 rings (SSSR count). The first kappa shape index (κ1) is 20.3. The average Bonchev–Trinajstić information content (AvgIpc) is 2.66. The van der Waals surface area contributed by atoms with Crippen molar-refractivity contribution in [3.8, 4) is 11.8 Å². The molecule has 0 spiro atoms. The van der Waals surface area contributed by atoms with Gasteiger partial charge in [0.05, 0.1) is 18.2 Å². The molecule has 0 aliphatic carbocycles. The number of rotatable bonds is 8. The van der Waals surface area contributed by atoms with Crippen molar-refractivity contribution in [1.29, 1.82) is 5.26 Å². The smallest absolute Gasteiger partial charge is 0.338 e. The fourth-order valence-electron chi connectivity index (χ4n) is 2.84. The molecule has 8 nitrogen and oxygen atoms in total. The van der Waals surface area contributed by atoms with Gasteiger partial charge in [-0.3, -0.25) is 4.90 Å². The highest BCUT2D eigenvalue weighted by Gasteiger charge is 2.35. The fraction of sp³-hybridized carbons (Fsp3) is 0.421. The van der Waals surface area contributed by atoms with Crippen LogP contribution < -0.4 is 10.1 Å². The Hall–Kier alpha value is -3.05. The molecule has 0 radical (unpaired) electrons. The van der Waals surface area contributed by atoms with Gasteiger partial charge in [0.25, 0.3) is 0 Å². The Bertz CT molecular complexity index is 752. The third kappa shape index (κ3) is 4.77. The topological polar surface area (TPSA) is 101 Å². The first-order valence-electron chi connectivity index (χ1n) is 8.58. The molecule has 0 fully saturated rings. The van der Waals surface area contributed by atoms with Crippen LogP contribution in [-0.4, -0.2) is 50.4 Å². The van der Waals surface area contributed by atoms with Crippen molar-refractivity contribution < 1.29 is 23.8 Å². The third-order valence-corrected chi connectivity index (χ3v) is 4.17. The second kappa shape index (κ2) is 9.59. The largest absolute Gasteiger partial charge is 0.479 e. The Labute approximate surface area is 158 Å². The Balaban J connectivity index is 2.33. The summed E-state index contributed by atoms with van der Waals surface area (Å²) < 4.78 is 15.4. The molecule has 0 bridgehead atoms. The zero-order valence-electron chi connectivity index (χ0n) is 15.7. The van der Waals surface area contributed by atoms with Crippen molar-refractivity contribution in [2.24, 2.45) is 0 Å². The van der Waals surface area contributed by atoms with Gasteiger partial charge in [-0.1, -0.05) is 12.1 Å². The highest BCUT2D eigenvalue weighted by atomic mass is 16.6. The van der Waals surface area contributed by atoms with E-state index >= 15 is 0 Å². The molecule has 144 valence electrons. The number of hydrogen-bond donors (Lipinski definition) is 1. The van der Waals surface area contributed by atoms with Gasteiger partial charge in [-0.05, 0) is 31.5 Å².